The third kappa shape index (κ3) is 6.07. The fraction of sp³-hybridized carbons (Fsp3) is 1.00. The minimum Gasteiger partial charge on any atom is -0.377 e. The van der Waals surface area contributed by atoms with Crippen molar-refractivity contribution in [2.75, 3.05) is 25.6 Å². The summed E-state index contributed by atoms with van der Waals surface area (Å²) in [6, 6.07) is 0. The molecule has 0 amide bonds. The van der Waals surface area contributed by atoms with E-state index in [-0.39, 0.29) is 0 Å². The third-order valence-corrected chi connectivity index (χ3v) is 3.50. The number of ether oxygens (including phenoxy) is 1. The van der Waals surface area contributed by atoms with Gasteiger partial charge in [0.1, 0.15) is 0 Å². The molecule has 1 rings (SSSR count). The number of rotatable bonds is 7. The predicted octanol–water partition coefficient (Wildman–Crippen LogP) is 3.19. The van der Waals surface area contributed by atoms with Crippen LogP contribution in [0, 0.1) is 5.41 Å². The Morgan fingerprint density at radius 3 is 2.81 bits per heavy atom. The summed E-state index contributed by atoms with van der Waals surface area (Å²) < 4.78 is 5.69. The topological polar surface area (TPSA) is 21.3 Å². The number of halogens is 1. The van der Waals surface area contributed by atoms with Gasteiger partial charge >= 0.3 is 0 Å². The molecule has 1 N–H and O–H groups in total. The van der Waals surface area contributed by atoms with Crippen LogP contribution in [0.4, 0.5) is 0 Å². The predicted molar refractivity (Wildman–Crippen MR) is 70.2 cm³/mol. The largest absolute Gasteiger partial charge is 0.377 e. The lowest BCUT2D eigenvalue weighted by Gasteiger charge is -2.28. The molecule has 3 heteroatoms. The number of nitrogens with one attached hydrogen (secondary N) is 1. The van der Waals surface area contributed by atoms with Gasteiger partial charge in [-0.2, -0.15) is 0 Å². The Balaban J connectivity index is 2.08. The fourth-order valence-corrected chi connectivity index (χ4v) is 2.31. The van der Waals surface area contributed by atoms with Gasteiger partial charge in [-0.05, 0) is 37.5 Å². The standard InChI is InChI=1S/C13H26ClNO/c1-13(2,7-5-8-14)11-15-10-12-6-3-4-9-16-12/h12,15H,3-11H2,1-2H3. The second kappa shape index (κ2) is 7.52. The monoisotopic (exact) mass is 247 g/mol. The molecular formula is C13H26ClNO. The van der Waals surface area contributed by atoms with Crippen LogP contribution in [-0.2, 0) is 4.74 Å². The fourth-order valence-electron chi connectivity index (χ4n) is 2.17. The Bertz CT molecular complexity index is 179. The molecular weight excluding hydrogens is 222 g/mol. The molecule has 0 bridgehead atoms. The summed E-state index contributed by atoms with van der Waals surface area (Å²) in [4.78, 5) is 0. The van der Waals surface area contributed by atoms with Crippen molar-refractivity contribution in [3.63, 3.8) is 0 Å². The zero-order valence-electron chi connectivity index (χ0n) is 10.7. The minimum atomic E-state index is 0.351. The van der Waals surface area contributed by atoms with Crippen molar-refractivity contribution in [1.29, 1.82) is 0 Å². The van der Waals surface area contributed by atoms with Crippen molar-refractivity contribution in [1.82, 2.24) is 5.32 Å². The molecule has 0 aliphatic carbocycles. The summed E-state index contributed by atoms with van der Waals surface area (Å²) in [6.45, 7) is 7.61. The normalized spacial score (nSPS) is 22.3. The molecule has 1 heterocycles. The van der Waals surface area contributed by atoms with Gasteiger partial charge < -0.3 is 10.1 Å². The molecule has 0 aromatic heterocycles. The highest BCUT2D eigenvalue weighted by molar-refractivity contribution is 6.17. The molecule has 0 aromatic rings. The molecule has 16 heavy (non-hydrogen) atoms. The number of hydrogen-bond donors (Lipinski definition) is 1. The molecule has 0 aromatic carbocycles. The van der Waals surface area contributed by atoms with Crippen molar-refractivity contribution in [2.45, 2.75) is 52.1 Å². The summed E-state index contributed by atoms with van der Waals surface area (Å²) >= 11 is 5.72. The molecule has 1 saturated heterocycles. The Hall–Kier alpha value is 0.210. The molecule has 1 fully saturated rings. The van der Waals surface area contributed by atoms with Gasteiger partial charge in [-0.25, -0.2) is 0 Å². The van der Waals surface area contributed by atoms with E-state index in [9.17, 15) is 0 Å². The molecule has 1 unspecified atom stereocenters. The van der Waals surface area contributed by atoms with Crippen LogP contribution in [0.5, 0.6) is 0 Å². The van der Waals surface area contributed by atoms with Gasteiger partial charge in [0, 0.05) is 25.6 Å². The Morgan fingerprint density at radius 1 is 1.38 bits per heavy atom. The number of hydrogen-bond acceptors (Lipinski definition) is 2. The van der Waals surface area contributed by atoms with Crippen LogP contribution < -0.4 is 5.32 Å². The first-order valence-corrected chi connectivity index (χ1v) is 7.06. The highest BCUT2D eigenvalue weighted by Crippen LogP contribution is 2.21. The Kier molecular flexibility index (Phi) is 6.71. The van der Waals surface area contributed by atoms with E-state index >= 15 is 0 Å². The molecule has 0 radical (unpaired) electrons. The summed E-state index contributed by atoms with van der Waals surface area (Å²) in [5.74, 6) is 0.773. The van der Waals surface area contributed by atoms with E-state index in [4.69, 9.17) is 16.3 Å². The summed E-state index contributed by atoms with van der Waals surface area (Å²) in [5, 5.41) is 3.54. The zero-order valence-corrected chi connectivity index (χ0v) is 11.5. The molecule has 1 atom stereocenters. The van der Waals surface area contributed by atoms with Crippen molar-refractivity contribution < 1.29 is 4.74 Å². The first-order chi connectivity index (χ1) is 7.64. The molecule has 0 spiro atoms. The average Bonchev–Trinajstić information content (AvgIpc) is 2.28. The van der Waals surface area contributed by atoms with Crippen LogP contribution in [-0.4, -0.2) is 31.7 Å². The lowest BCUT2D eigenvalue weighted by atomic mass is 9.88. The van der Waals surface area contributed by atoms with Crippen LogP contribution in [0.25, 0.3) is 0 Å². The summed E-state index contributed by atoms with van der Waals surface area (Å²) in [5.41, 5.74) is 0.351. The van der Waals surface area contributed by atoms with E-state index in [0.717, 1.165) is 32.0 Å². The van der Waals surface area contributed by atoms with Crippen LogP contribution in [0.1, 0.15) is 46.0 Å². The minimum absolute atomic E-state index is 0.351. The van der Waals surface area contributed by atoms with E-state index in [1.54, 1.807) is 0 Å². The first kappa shape index (κ1) is 14.3. The van der Waals surface area contributed by atoms with Crippen LogP contribution in [0.15, 0.2) is 0 Å². The zero-order chi connectivity index (χ0) is 11.9. The van der Waals surface area contributed by atoms with Crippen molar-refractivity contribution in [3.05, 3.63) is 0 Å². The van der Waals surface area contributed by atoms with E-state index in [1.165, 1.54) is 25.7 Å². The van der Waals surface area contributed by atoms with Gasteiger partial charge in [-0.3, -0.25) is 0 Å². The maximum atomic E-state index is 5.72. The Morgan fingerprint density at radius 2 is 2.19 bits per heavy atom. The third-order valence-electron chi connectivity index (χ3n) is 3.24. The second-order valence-corrected chi connectivity index (χ2v) is 5.95. The lowest BCUT2D eigenvalue weighted by Crippen LogP contribution is -2.37. The van der Waals surface area contributed by atoms with Crippen molar-refractivity contribution in [3.8, 4) is 0 Å². The van der Waals surface area contributed by atoms with Crippen LogP contribution >= 0.6 is 11.6 Å². The first-order valence-electron chi connectivity index (χ1n) is 6.52. The highest BCUT2D eigenvalue weighted by Gasteiger charge is 2.18. The van der Waals surface area contributed by atoms with E-state index in [0.29, 0.717) is 11.5 Å². The van der Waals surface area contributed by atoms with Crippen LogP contribution in [0.2, 0.25) is 0 Å². The van der Waals surface area contributed by atoms with Crippen molar-refractivity contribution >= 4 is 11.6 Å². The van der Waals surface area contributed by atoms with Gasteiger partial charge in [-0.15, -0.1) is 11.6 Å². The van der Waals surface area contributed by atoms with Gasteiger partial charge in [0.05, 0.1) is 6.10 Å². The smallest absolute Gasteiger partial charge is 0.0699 e. The van der Waals surface area contributed by atoms with E-state index < -0.39 is 0 Å². The quantitative estimate of drug-likeness (QED) is 0.698. The van der Waals surface area contributed by atoms with E-state index in [2.05, 4.69) is 19.2 Å². The maximum Gasteiger partial charge on any atom is 0.0699 e. The second-order valence-electron chi connectivity index (χ2n) is 5.58. The average molecular weight is 248 g/mol. The molecule has 2 nitrogen and oxygen atoms in total. The van der Waals surface area contributed by atoms with Crippen molar-refractivity contribution in [2.24, 2.45) is 5.41 Å². The maximum absolute atomic E-state index is 5.72. The lowest BCUT2D eigenvalue weighted by molar-refractivity contribution is 0.0157. The molecule has 1 aliphatic heterocycles. The van der Waals surface area contributed by atoms with E-state index in [1.807, 2.05) is 0 Å². The molecule has 1 aliphatic rings. The highest BCUT2D eigenvalue weighted by atomic mass is 35.5. The molecule has 0 saturated carbocycles. The Labute approximate surface area is 105 Å². The van der Waals surface area contributed by atoms with Gasteiger partial charge in [-0.1, -0.05) is 13.8 Å². The van der Waals surface area contributed by atoms with Gasteiger partial charge in [0.2, 0.25) is 0 Å². The van der Waals surface area contributed by atoms with Gasteiger partial charge in [0.15, 0.2) is 0 Å². The summed E-state index contributed by atoms with van der Waals surface area (Å²) in [7, 11) is 0. The van der Waals surface area contributed by atoms with Gasteiger partial charge in [0.25, 0.3) is 0 Å². The molecule has 96 valence electrons. The SMILES string of the molecule is CC(C)(CCCCl)CNCC1CCCCO1. The van der Waals surface area contributed by atoms with Crippen LogP contribution in [0.3, 0.4) is 0 Å². The number of alkyl halides is 1. The summed E-state index contributed by atoms with van der Waals surface area (Å²) in [6.07, 6.45) is 6.51.